The minimum Gasteiger partial charge on any atom is -0.481 e. The molecule has 1 aromatic rings. The standard InChI is InChI=1S/C31H36F3N3O4/c1-3-19-11-14-30(15-12-19)35-28(22-9-10-25(31(32,33)34)24-17-23(22)24)29(40)37(30)26(4-2)21-7-5-20(6-8-21)18-36(41)16-13-27(38)39/h5-10,19,23-24,26H,3-4,11-18H2,1-2H3/p+1. The van der Waals surface area contributed by atoms with E-state index in [1.807, 2.05) is 36.1 Å². The van der Waals surface area contributed by atoms with Crippen molar-refractivity contribution in [1.82, 2.24) is 4.90 Å². The highest BCUT2D eigenvalue weighted by Gasteiger charge is 2.57. The third-order valence-electron chi connectivity index (χ3n) is 9.30. The van der Waals surface area contributed by atoms with Crippen LogP contribution in [0, 0.1) is 22.7 Å². The number of carboxylic acid groups (broad SMARTS) is 1. The zero-order valence-corrected chi connectivity index (χ0v) is 23.5. The minimum absolute atomic E-state index is 0.0622. The second-order valence-corrected chi connectivity index (χ2v) is 11.8. The molecule has 1 spiro atoms. The van der Waals surface area contributed by atoms with E-state index in [0.717, 1.165) is 49.3 Å². The van der Waals surface area contributed by atoms with Gasteiger partial charge in [0.2, 0.25) is 13.1 Å². The Morgan fingerprint density at radius 2 is 1.83 bits per heavy atom. The molecule has 0 aromatic heterocycles. The van der Waals surface area contributed by atoms with Gasteiger partial charge in [-0.25, -0.2) is 0 Å². The summed E-state index contributed by atoms with van der Waals surface area (Å²) in [6, 6.07) is 7.18. The van der Waals surface area contributed by atoms with Gasteiger partial charge in [-0.05, 0) is 67.4 Å². The minimum atomic E-state index is -4.37. The molecular formula is C31H37F3N3O4+. The van der Waals surface area contributed by atoms with Gasteiger partial charge in [0.05, 0.1) is 6.04 Å². The summed E-state index contributed by atoms with van der Waals surface area (Å²) in [5, 5.41) is 8.82. The normalized spacial score (nSPS) is 28.1. The predicted molar refractivity (Wildman–Crippen MR) is 147 cm³/mol. The van der Waals surface area contributed by atoms with Crippen molar-refractivity contribution in [1.29, 1.82) is 0 Å². The summed E-state index contributed by atoms with van der Waals surface area (Å²) < 4.78 is 41.2. The molecule has 3 unspecified atom stereocenters. The molecule has 7 nitrogen and oxygen atoms in total. The van der Waals surface area contributed by atoms with Crippen molar-refractivity contribution in [3.8, 4) is 0 Å². The van der Waals surface area contributed by atoms with Gasteiger partial charge in [-0.15, -0.1) is 0 Å². The maximum atomic E-state index is 14.2. The van der Waals surface area contributed by atoms with E-state index in [0.29, 0.717) is 34.8 Å². The molecule has 0 saturated heterocycles. The summed E-state index contributed by atoms with van der Waals surface area (Å²) in [6.07, 6.45) is 3.38. The summed E-state index contributed by atoms with van der Waals surface area (Å²) in [4.78, 5) is 44.1. The lowest BCUT2D eigenvalue weighted by Gasteiger charge is -2.45. The Kier molecular flexibility index (Phi) is 7.96. The lowest BCUT2D eigenvalue weighted by molar-refractivity contribution is -0.563. The molecule has 3 atom stereocenters. The smallest absolute Gasteiger partial charge is 0.412 e. The zero-order valence-electron chi connectivity index (χ0n) is 23.5. The Hall–Kier alpha value is -3.30. The van der Waals surface area contributed by atoms with Crippen molar-refractivity contribution in [2.24, 2.45) is 22.7 Å². The van der Waals surface area contributed by atoms with Crippen LogP contribution in [0.5, 0.6) is 0 Å². The molecule has 220 valence electrons. The van der Waals surface area contributed by atoms with Gasteiger partial charge < -0.3 is 10.0 Å². The number of allylic oxidation sites excluding steroid dienone is 3. The number of halogens is 3. The van der Waals surface area contributed by atoms with Gasteiger partial charge in [-0.2, -0.15) is 13.2 Å². The van der Waals surface area contributed by atoms with Crippen LogP contribution in [0.2, 0.25) is 0 Å². The fourth-order valence-corrected chi connectivity index (χ4v) is 6.92. The van der Waals surface area contributed by atoms with Crippen LogP contribution >= 0.6 is 0 Å². The van der Waals surface area contributed by atoms with Crippen LogP contribution in [-0.2, 0) is 16.1 Å². The van der Waals surface area contributed by atoms with E-state index in [9.17, 15) is 27.7 Å². The van der Waals surface area contributed by atoms with Crippen LogP contribution in [0.1, 0.15) is 82.4 Å². The van der Waals surface area contributed by atoms with Crippen LogP contribution in [0.4, 0.5) is 13.2 Å². The summed E-state index contributed by atoms with van der Waals surface area (Å²) in [7, 11) is 0. The first-order chi connectivity index (χ1) is 19.5. The fourth-order valence-electron chi connectivity index (χ4n) is 6.92. The van der Waals surface area contributed by atoms with Gasteiger partial charge in [0, 0.05) is 20.8 Å². The molecule has 1 N–H and O–H groups in total. The first-order valence-electron chi connectivity index (χ1n) is 14.6. The monoisotopic (exact) mass is 572 g/mol. The van der Waals surface area contributed by atoms with E-state index < -0.39 is 29.3 Å². The number of amides is 1. The van der Waals surface area contributed by atoms with Crippen LogP contribution in [0.15, 0.2) is 52.6 Å². The molecule has 4 aliphatic rings. The van der Waals surface area contributed by atoms with E-state index in [1.165, 1.54) is 6.08 Å². The topological polar surface area (TPSA) is 90.0 Å². The fraction of sp³-hybridized carbons (Fsp3) is 0.581. The highest BCUT2D eigenvalue weighted by Crippen LogP contribution is 2.57. The zero-order chi connectivity index (χ0) is 29.5. The van der Waals surface area contributed by atoms with Crippen molar-refractivity contribution < 1.29 is 32.6 Å². The predicted octanol–water partition coefficient (Wildman–Crippen LogP) is 6.54. The van der Waals surface area contributed by atoms with Crippen LogP contribution in [0.25, 0.3) is 0 Å². The number of carboxylic acids is 1. The van der Waals surface area contributed by atoms with Gasteiger partial charge in [0.25, 0.3) is 5.91 Å². The molecule has 10 heteroatoms. The number of aliphatic carboxylic acids is 1. The number of carbonyl (C=O) groups is 2. The largest absolute Gasteiger partial charge is 0.481 e. The Labute approximate surface area is 237 Å². The Morgan fingerprint density at radius 3 is 2.41 bits per heavy atom. The third-order valence-corrected chi connectivity index (χ3v) is 9.30. The van der Waals surface area contributed by atoms with Gasteiger partial charge in [-0.3, -0.25) is 14.6 Å². The van der Waals surface area contributed by atoms with Crippen LogP contribution in [-0.4, -0.2) is 50.7 Å². The molecule has 1 amide bonds. The molecule has 1 aliphatic heterocycles. The highest BCUT2D eigenvalue weighted by atomic mass is 19.4. The summed E-state index contributed by atoms with van der Waals surface area (Å²) >= 11 is 0. The number of alkyl halides is 3. The maximum Gasteiger partial charge on any atom is 0.412 e. The second-order valence-electron chi connectivity index (χ2n) is 11.8. The highest BCUT2D eigenvalue weighted by molar-refractivity contribution is 6.47. The molecule has 5 rings (SSSR count). The number of benzene rings is 1. The Bertz CT molecular complexity index is 1310. The molecule has 41 heavy (non-hydrogen) atoms. The van der Waals surface area contributed by atoms with E-state index in [4.69, 9.17) is 10.1 Å². The van der Waals surface area contributed by atoms with Crippen molar-refractivity contribution in [3.63, 3.8) is 0 Å². The van der Waals surface area contributed by atoms with Gasteiger partial charge >= 0.3 is 12.1 Å². The molecule has 3 aliphatic carbocycles. The summed E-state index contributed by atoms with van der Waals surface area (Å²) in [5.41, 5.74) is 1.36. The van der Waals surface area contributed by atoms with Crippen LogP contribution < -0.4 is 0 Å². The lowest BCUT2D eigenvalue weighted by atomic mass is 9.79. The number of hydrogen-bond donors (Lipinski definition) is 1. The quantitative estimate of drug-likeness (QED) is 0.323. The van der Waals surface area contributed by atoms with E-state index in [1.54, 1.807) is 0 Å². The molecular weight excluding hydrogens is 535 g/mol. The number of fused-ring (bicyclic) bond motifs is 1. The number of aliphatic imine (C=N–C) groups is 1. The number of rotatable bonds is 10. The van der Waals surface area contributed by atoms with Crippen molar-refractivity contribution in [3.05, 3.63) is 63.6 Å². The Morgan fingerprint density at radius 1 is 1.15 bits per heavy atom. The summed E-state index contributed by atoms with van der Waals surface area (Å²) in [6.45, 7) is 4.14. The van der Waals surface area contributed by atoms with Crippen molar-refractivity contribution in [2.45, 2.75) is 89.6 Å². The van der Waals surface area contributed by atoms with Gasteiger partial charge in [-0.1, -0.05) is 56.7 Å². The second kappa shape index (κ2) is 11.2. The molecule has 1 aromatic carbocycles. The average Bonchev–Trinajstić information content (AvgIpc) is 3.69. The van der Waals surface area contributed by atoms with Crippen molar-refractivity contribution >= 4 is 17.6 Å². The Balaban J connectivity index is 1.43. The third kappa shape index (κ3) is 5.75. The molecule has 2 fully saturated rings. The molecule has 2 saturated carbocycles. The number of nitrogens with zero attached hydrogens (tertiary/aromatic N) is 3. The first kappa shape index (κ1) is 29.2. The van der Waals surface area contributed by atoms with E-state index >= 15 is 0 Å². The number of hydrogen-bond acceptors (Lipinski definition) is 4. The maximum absolute atomic E-state index is 14.2. The lowest BCUT2D eigenvalue weighted by Crippen LogP contribution is -2.50. The molecule has 1 heterocycles. The van der Waals surface area contributed by atoms with Crippen LogP contribution in [0.3, 0.4) is 0 Å². The SMILES string of the molecule is CCC1CCC2(CC1)N=C(C1=CC=C(C(F)(F)F)C3CC13)C(=O)N2C(CC)c1ccc(C[N+](=O)CCC(=O)O)cc1. The number of carbonyl (C=O) groups excluding carboxylic acids is 1. The van der Waals surface area contributed by atoms with Gasteiger partial charge in [0.15, 0.2) is 0 Å². The molecule has 0 radical (unpaired) electrons. The van der Waals surface area contributed by atoms with E-state index in [2.05, 4.69) is 6.92 Å². The number of nitroso groups, excluding NO2 is 1. The first-order valence-corrected chi connectivity index (χ1v) is 14.6. The molecule has 0 bridgehead atoms. The van der Waals surface area contributed by atoms with Gasteiger partial charge in [0.1, 0.15) is 17.8 Å². The van der Waals surface area contributed by atoms with E-state index in [-0.39, 0.29) is 37.4 Å². The van der Waals surface area contributed by atoms with Crippen molar-refractivity contribution in [2.75, 3.05) is 6.54 Å². The summed E-state index contributed by atoms with van der Waals surface area (Å²) in [5.74, 6) is -1.60. The average molecular weight is 573 g/mol.